The number of nitrogens with two attached hydrogens (primary N) is 1. The quantitative estimate of drug-likeness (QED) is 0.909. The molecule has 0 bridgehead atoms. The minimum atomic E-state index is -0.324. The highest BCUT2D eigenvalue weighted by Crippen LogP contribution is 2.25. The van der Waals surface area contributed by atoms with E-state index < -0.39 is 0 Å². The average molecular weight is 341 g/mol. The van der Waals surface area contributed by atoms with Crippen LogP contribution >= 0.6 is 15.9 Å². The Morgan fingerprint density at radius 3 is 2.85 bits per heavy atom. The molecule has 20 heavy (non-hydrogen) atoms. The van der Waals surface area contributed by atoms with Crippen LogP contribution in [0.4, 0.5) is 4.39 Å². The Kier molecular flexibility index (Phi) is 4.88. The van der Waals surface area contributed by atoms with E-state index >= 15 is 0 Å². The summed E-state index contributed by atoms with van der Waals surface area (Å²) in [7, 11) is 0. The summed E-state index contributed by atoms with van der Waals surface area (Å²) in [6.07, 6.45) is 2.06. The summed E-state index contributed by atoms with van der Waals surface area (Å²) >= 11 is 3.40. The lowest BCUT2D eigenvalue weighted by Gasteiger charge is -2.15. The van der Waals surface area contributed by atoms with E-state index in [-0.39, 0.29) is 11.9 Å². The van der Waals surface area contributed by atoms with Gasteiger partial charge in [-0.15, -0.1) is 0 Å². The molecule has 0 radical (unpaired) electrons. The third-order valence-electron chi connectivity index (χ3n) is 2.99. The van der Waals surface area contributed by atoms with Gasteiger partial charge in [0.2, 0.25) is 0 Å². The van der Waals surface area contributed by atoms with Crippen molar-refractivity contribution in [2.24, 2.45) is 11.7 Å². The fourth-order valence-corrected chi connectivity index (χ4v) is 2.59. The minimum Gasteiger partial charge on any atom is -0.324 e. The normalized spacial score (nSPS) is 12.9. The van der Waals surface area contributed by atoms with Crippen LogP contribution in [0, 0.1) is 11.7 Å². The Bertz CT molecular complexity index is 582. The second-order valence-corrected chi connectivity index (χ2v) is 6.08. The van der Waals surface area contributed by atoms with Gasteiger partial charge < -0.3 is 5.73 Å². The molecule has 1 aromatic carbocycles. The molecule has 0 aliphatic carbocycles. The highest BCUT2D eigenvalue weighted by atomic mass is 79.9. The Morgan fingerprint density at radius 2 is 2.15 bits per heavy atom. The molecule has 0 saturated carbocycles. The van der Waals surface area contributed by atoms with Crippen LogP contribution in [0.15, 0.2) is 29.0 Å². The van der Waals surface area contributed by atoms with Gasteiger partial charge in [0.1, 0.15) is 18.0 Å². The van der Waals surface area contributed by atoms with Crippen molar-refractivity contribution in [2.45, 2.75) is 32.9 Å². The van der Waals surface area contributed by atoms with E-state index in [1.165, 1.54) is 18.5 Å². The summed E-state index contributed by atoms with van der Waals surface area (Å²) < 4.78 is 16.0. The molecule has 1 atom stereocenters. The summed E-state index contributed by atoms with van der Waals surface area (Å²) in [4.78, 5) is 4.25. The molecule has 1 aromatic heterocycles. The van der Waals surface area contributed by atoms with Crippen molar-refractivity contribution in [3.63, 3.8) is 0 Å². The van der Waals surface area contributed by atoms with Gasteiger partial charge in [-0.25, -0.2) is 14.1 Å². The van der Waals surface area contributed by atoms with Gasteiger partial charge >= 0.3 is 0 Å². The molecule has 0 aliphatic rings. The van der Waals surface area contributed by atoms with E-state index in [0.717, 1.165) is 22.4 Å². The van der Waals surface area contributed by atoms with Gasteiger partial charge in [0.05, 0.1) is 0 Å². The van der Waals surface area contributed by atoms with E-state index in [9.17, 15) is 4.39 Å². The second-order valence-electron chi connectivity index (χ2n) is 5.23. The maximum absolute atomic E-state index is 13.3. The van der Waals surface area contributed by atoms with E-state index in [2.05, 4.69) is 39.9 Å². The maximum atomic E-state index is 13.3. The molecule has 0 spiro atoms. The Balaban J connectivity index is 2.17. The van der Waals surface area contributed by atoms with Crippen LogP contribution in [0.5, 0.6) is 0 Å². The monoisotopic (exact) mass is 340 g/mol. The third-order valence-corrected chi connectivity index (χ3v) is 3.72. The zero-order chi connectivity index (χ0) is 14.7. The zero-order valence-corrected chi connectivity index (χ0v) is 13.1. The first-order valence-electron chi connectivity index (χ1n) is 6.54. The molecule has 0 fully saturated rings. The second kappa shape index (κ2) is 6.45. The number of aromatic nitrogens is 3. The van der Waals surface area contributed by atoms with Gasteiger partial charge in [0, 0.05) is 23.5 Å². The molecule has 6 heteroatoms. The van der Waals surface area contributed by atoms with E-state index in [4.69, 9.17) is 5.73 Å². The van der Waals surface area contributed by atoms with Crippen molar-refractivity contribution in [3.05, 3.63) is 46.2 Å². The van der Waals surface area contributed by atoms with Gasteiger partial charge in [-0.1, -0.05) is 29.8 Å². The molecule has 108 valence electrons. The molecule has 2 rings (SSSR count). The van der Waals surface area contributed by atoms with Gasteiger partial charge in [-0.3, -0.25) is 0 Å². The standard InChI is InChI=1S/C14H18BrFN4/c1-9(2)7-20-14(18-8-19-20)6-13(17)11-5-10(16)3-4-12(11)15/h3-5,8-9,13H,6-7,17H2,1-2H3. The number of hydrogen-bond donors (Lipinski definition) is 1. The van der Waals surface area contributed by atoms with Gasteiger partial charge in [-0.05, 0) is 29.7 Å². The van der Waals surface area contributed by atoms with E-state index in [1.807, 2.05) is 4.68 Å². The first kappa shape index (κ1) is 15.1. The maximum Gasteiger partial charge on any atom is 0.138 e. The summed E-state index contributed by atoms with van der Waals surface area (Å²) in [5.41, 5.74) is 6.92. The SMILES string of the molecule is CC(C)Cn1ncnc1CC(N)c1cc(F)ccc1Br. The molecule has 0 saturated heterocycles. The predicted molar refractivity (Wildman–Crippen MR) is 79.6 cm³/mol. The van der Waals surface area contributed by atoms with Crippen molar-refractivity contribution in [1.29, 1.82) is 0 Å². The van der Waals surface area contributed by atoms with E-state index in [0.29, 0.717) is 12.3 Å². The lowest BCUT2D eigenvalue weighted by Crippen LogP contribution is -2.19. The molecule has 1 unspecified atom stereocenters. The number of nitrogens with zero attached hydrogens (tertiary/aromatic N) is 3. The van der Waals surface area contributed by atoms with Crippen molar-refractivity contribution >= 4 is 15.9 Å². The van der Waals surface area contributed by atoms with Crippen LogP contribution in [-0.2, 0) is 13.0 Å². The van der Waals surface area contributed by atoms with Crippen LogP contribution in [-0.4, -0.2) is 14.8 Å². The molecule has 4 nitrogen and oxygen atoms in total. The fourth-order valence-electron chi connectivity index (χ4n) is 2.05. The fraction of sp³-hybridized carbons (Fsp3) is 0.429. The molecule has 0 aliphatic heterocycles. The predicted octanol–water partition coefficient (Wildman–Crippen LogP) is 3.08. The van der Waals surface area contributed by atoms with Gasteiger partial charge in [-0.2, -0.15) is 5.10 Å². The largest absolute Gasteiger partial charge is 0.324 e. The van der Waals surface area contributed by atoms with Crippen molar-refractivity contribution in [3.8, 4) is 0 Å². The first-order valence-corrected chi connectivity index (χ1v) is 7.34. The van der Waals surface area contributed by atoms with Crippen LogP contribution in [0.3, 0.4) is 0 Å². The smallest absolute Gasteiger partial charge is 0.138 e. The highest BCUT2D eigenvalue weighted by molar-refractivity contribution is 9.10. The lowest BCUT2D eigenvalue weighted by molar-refractivity contribution is 0.459. The topological polar surface area (TPSA) is 56.7 Å². The minimum absolute atomic E-state index is 0.290. The van der Waals surface area contributed by atoms with Crippen molar-refractivity contribution in [2.75, 3.05) is 0 Å². The molecule has 2 aromatic rings. The molecular weight excluding hydrogens is 323 g/mol. The summed E-state index contributed by atoms with van der Waals surface area (Å²) in [5, 5.41) is 4.21. The summed E-state index contributed by atoms with van der Waals surface area (Å²) in [5.74, 6) is 1.01. The lowest BCUT2D eigenvalue weighted by atomic mass is 10.0. The molecular formula is C14H18BrFN4. The van der Waals surface area contributed by atoms with Crippen LogP contribution in [0.1, 0.15) is 31.3 Å². The first-order chi connectivity index (χ1) is 9.47. The average Bonchev–Trinajstić information content (AvgIpc) is 2.78. The number of hydrogen-bond acceptors (Lipinski definition) is 3. The third kappa shape index (κ3) is 3.64. The zero-order valence-electron chi connectivity index (χ0n) is 11.6. The van der Waals surface area contributed by atoms with Gasteiger partial charge in [0.15, 0.2) is 0 Å². The number of halogens is 2. The van der Waals surface area contributed by atoms with Gasteiger partial charge in [0.25, 0.3) is 0 Å². The summed E-state index contributed by atoms with van der Waals surface area (Å²) in [6, 6.07) is 4.21. The van der Waals surface area contributed by atoms with Crippen LogP contribution in [0.2, 0.25) is 0 Å². The van der Waals surface area contributed by atoms with Crippen LogP contribution < -0.4 is 5.73 Å². The van der Waals surface area contributed by atoms with Crippen molar-refractivity contribution < 1.29 is 4.39 Å². The molecule has 1 heterocycles. The Labute approximate surface area is 126 Å². The van der Waals surface area contributed by atoms with E-state index in [1.54, 1.807) is 6.07 Å². The van der Waals surface area contributed by atoms with Crippen LogP contribution in [0.25, 0.3) is 0 Å². The molecule has 0 amide bonds. The van der Waals surface area contributed by atoms with Crippen molar-refractivity contribution in [1.82, 2.24) is 14.8 Å². The summed E-state index contributed by atoms with van der Waals surface area (Å²) in [6.45, 7) is 5.04. The highest BCUT2D eigenvalue weighted by Gasteiger charge is 2.15. The number of rotatable bonds is 5. The molecule has 2 N–H and O–H groups in total. The Hall–Kier alpha value is -1.27. The Morgan fingerprint density at radius 1 is 1.40 bits per heavy atom. The number of benzene rings is 1.